The van der Waals surface area contributed by atoms with Gasteiger partial charge in [-0.3, -0.25) is 4.68 Å². The second-order valence-electron chi connectivity index (χ2n) is 3.29. The molecule has 1 N–H and O–H groups in total. The molecule has 1 unspecified atom stereocenters. The first-order chi connectivity index (χ1) is 6.15. The molecule has 0 fully saturated rings. The lowest BCUT2D eigenvalue weighted by atomic mass is 10.1. The van der Waals surface area contributed by atoms with E-state index in [4.69, 9.17) is 11.6 Å². The molecule has 4 heteroatoms. The SMILES string of the molecule is CNC(C)CCc1c(Cl)cnn1C. The van der Waals surface area contributed by atoms with E-state index in [9.17, 15) is 0 Å². The first-order valence-electron chi connectivity index (χ1n) is 4.48. The molecule has 13 heavy (non-hydrogen) atoms. The maximum Gasteiger partial charge on any atom is 0.0817 e. The Labute approximate surface area is 84.1 Å². The van der Waals surface area contributed by atoms with E-state index in [0.717, 1.165) is 23.6 Å². The van der Waals surface area contributed by atoms with Gasteiger partial charge in [0.15, 0.2) is 0 Å². The summed E-state index contributed by atoms with van der Waals surface area (Å²) < 4.78 is 1.84. The lowest BCUT2D eigenvalue weighted by Crippen LogP contribution is -2.22. The summed E-state index contributed by atoms with van der Waals surface area (Å²) >= 11 is 5.97. The van der Waals surface area contributed by atoms with E-state index in [-0.39, 0.29) is 0 Å². The highest BCUT2D eigenvalue weighted by atomic mass is 35.5. The Morgan fingerprint density at radius 2 is 2.38 bits per heavy atom. The molecule has 0 amide bonds. The molecule has 1 aromatic heterocycles. The van der Waals surface area contributed by atoms with Gasteiger partial charge in [-0.15, -0.1) is 0 Å². The molecule has 0 aliphatic heterocycles. The first-order valence-corrected chi connectivity index (χ1v) is 4.86. The van der Waals surface area contributed by atoms with Crippen LogP contribution in [0.15, 0.2) is 6.20 Å². The van der Waals surface area contributed by atoms with Gasteiger partial charge >= 0.3 is 0 Å². The predicted octanol–water partition coefficient (Wildman–Crippen LogP) is 1.61. The Balaban J connectivity index is 2.53. The van der Waals surface area contributed by atoms with Crippen molar-refractivity contribution in [2.45, 2.75) is 25.8 Å². The van der Waals surface area contributed by atoms with Crippen molar-refractivity contribution in [3.05, 3.63) is 16.9 Å². The maximum atomic E-state index is 5.97. The van der Waals surface area contributed by atoms with Gasteiger partial charge in [-0.25, -0.2) is 0 Å². The average molecular weight is 202 g/mol. The molecule has 0 aromatic carbocycles. The van der Waals surface area contributed by atoms with Crippen molar-refractivity contribution >= 4 is 11.6 Å². The Hall–Kier alpha value is -0.540. The number of nitrogens with one attached hydrogen (secondary N) is 1. The van der Waals surface area contributed by atoms with Crippen molar-refractivity contribution in [1.29, 1.82) is 0 Å². The molecular formula is C9H16ClN3. The van der Waals surface area contributed by atoms with Crippen LogP contribution in [0, 0.1) is 0 Å². The standard InChI is InChI=1S/C9H16ClN3/c1-7(11-2)4-5-9-8(10)6-12-13(9)3/h6-7,11H,4-5H2,1-3H3. The summed E-state index contributed by atoms with van der Waals surface area (Å²) in [7, 11) is 3.89. The Morgan fingerprint density at radius 1 is 1.69 bits per heavy atom. The molecule has 0 aliphatic rings. The third kappa shape index (κ3) is 2.71. The highest BCUT2D eigenvalue weighted by Crippen LogP contribution is 2.16. The summed E-state index contributed by atoms with van der Waals surface area (Å²) in [5, 5.41) is 8.05. The van der Waals surface area contributed by atoms with Gasteiger partial charge in [-0.1, -0.05) is 11.6 Å². The van der Waals surface area contributed by atoms with Gasteiger partial charge in [0.25, 0.3) is 0 Å². The highest BCUT2D eigenvalue weighted by molar-refractivity contribution is 6.31. The maximum absolute atomic E-state index is 5.97. The van der Waals surface area contributed by atoms with Crippen LogP contribution >= 0.6 is 11.6 Å². The summed E-state index contributed by atoms with van der Waals surface area (Å²) in [6, 6.07) is 0.519. The van der Waals surface area contributed by atoms with Gasteiger partial charge in [0.1, 0.15) is 0 Å². The van der Waals surface area contributed by atoms with Gasteiger partial charge < -0.3 is 5.32 Å². The third-order valence-corrected chi connectivity index (χ3v) is 2.63. The fourth-order valence-corrected chi connectivity index (χ4v) is 1.48. The van der Waals surface area contributed by atoms with E-state index < -0.39 is 0 Å². The molecule has 0 bridgehead atoms. The van der Waals surface area contributed by atoms with E-state index in [0.29, 0.717) is 6.04 Å². The van der Waals surface area contributed by atoms with Gasteiger partial charge in [0.05, 0.1) is 16.9 Å². The van der Waals surface area contributed by atoms with Gasteiger partial charge in [0.2, 0.25) is 0 Å². The molecular weight excluding hydrogens is 186 g/mol. The average Bonchev–Trinajstić information content (AvgIpc) is 2.43. The third-order valence-electron chi connectivity index (χ3n) is 2.32. The van der Waals surface area contributed by atoms with Crippen LogP contribution in [0.3, 0.4) is 0 Å². The fraction of sp³-hybridized carbons (Fsp3) is 0.667. The summed E-state index contributed by atoms with van der Waals surface area (Å²) in [4.78, 5) is 0. The van der Waals surface area contributed by atoms with Crippen molar-refractivity contribution in [2.75, 3.05) is 7.05 Å². The van der Waals surface area contributed by atoms with Crippen molar-refractivity contribution in [3.8, 4) is 0 Å². The van der Waals surface area contributed by atoms with Crippen LogP contribution in [0.4, 0.5) is 0 Å². The molecule has 0 saturated carbocycles. The van der Waals surface area contributed by atoms with E-state index >= 15 is 0 Å². The summed E-state index contributed by atoms with van der Waals surface area (Å²) in [6.07, 6.45) is 3.74. The predicted molar refractivity (Wildman–Crippen MR) is 55.1 cm³/mol. The molecule has 1 heterocycles. The second-order valence-corrected chi connectivity index (χ2v) is 3.70. The lowest BCUT2D eigenvalue weighted by Gasteiger charge is -2.09. The van der Waals surface area contributed by atoms with Gasteiger partial charge in [0, 0.05) is 13.1 Å². The number of aromatic nitrogens is 2. The summed E-state index contributed by atoms with van der Waals surface area (Å²) in [5.74, 6) is 0. The van der Waals surface area contributed by atoms with Crippen LogP contribution in [0.5, 0.6) is 0 Å². The Bertz CT molecular complexity index is 250. The number of halogens is 1. The summed E-state index contributed by atoms with van der Waals surface area (Å²) in [5.41, 5.74) is 1.11. The van der Waals surface area contributed by atoms with Crippen LogP contribution in [0.25, 0.3) is 0 Å². The van der Waals surface area contributed by atoms with E-state index in [2.05, 4.69) is 17.3 Å². The zero-order valence-corrected chi connectivity index (χ0v) is 9.10. The Morgan fingerprint density at radius 3 is 2.85 bits per heavy atom. The van der Waals surface area contributed by atoms with Crippen molar-refractivity contribution in [1.82, 2.24) is 15.1 Å². The molecule has 74 valence electrons. The van der Waals surface area contributed by atoms with Crippen LogP contribution in [0.1, 0.15) is 19.0 Å². The smallest absolute Gasteiger partial charge is 0.0817 e. The van der Waals surface area contributed by atoms with E-state index in [1.165, 1.54) is 0 Å². The highest BCUT2D eigenvalue weighted by Gasteiger charge is 2.07. The van der Waals surface area contributed by atoms with Crippen molar-refractivity contribution in [3.63, 3.8) is 0 Å². The number of hydrogen-bond acceptors (Lipinski definition) is 2. The molecule has 0 radical (unpaired) electrons. The number of nitrogens with zero attached hydrogens (tertiary/aromatic N) is 2. The van der Waals surface area contributed by atoms with Crippen LogP contribution in [-0.2, 0) is 13.5 Å². The lowest BCUT2D eigenvalue weighted by molar-refractivity contribution is 0.550. The van der Waals surface area contributed by atoms with Crippen molar-refractivity contribution < 1.29 is 0 Å². The molecule has 3 nitrogen and oxygen atoms in total. The number of hydrogen-bond donors (Lipinski definition) is 1. The number of rotatable bonds is 4. The minimum Gasteiger partial charge on any atom is -0.317 e. The van der Waals surface area contributed by atoms with E-state index in [1.54, 1.807) is 6.20 Å². The zero-order chi connectivity index (χ0) is 9.84. The molecule has 0 aliphatic carbocycles. The molecule has 0 spiro atoms. The Kier molecular flexibility index (Phi) is 3.75. The quantitative estimate of drug-likeness (QED) is 0.803. The van der Waals surface area contributed by atoms with Crippen LogP contribution in [0.2, 0.25) is 5.02 Å². The monoisotopic (exact) mass is 201 g/mol. The topological polar surface area (TPSA) is 29.9 Å². The zero-order valence-electron chi connectivity index (χ0n) is 8.34. The normalized spacial score (nSPS) is 13.2. The van der Waals surface area contributed by atoms with Crippen LogP contribution in [-0.4, -0.2) is 22.9 Å². The largest absolute Gasteiger partial charge is 0.317 e. The molecule has 1 rings (SSSR count). The number of aryl methyl sites for hydroxylation is 1. The molecule has 1 aromatic rings. The molecule has 0 saturated heterocycles. The van der Waals surface area contributed by atoms with Crippen molar-refractivity contribution in [2.24, 2.45) is 7.05 Å². The fourth-order valence-electron chi connectivity index (χ4n) is 1.21. The van der Waals surface area contributed by atoms with Gasteiger partial charge in [-0.2, -0.15) is 5.10 Å². The second kappa shape index (κ2) is 4.63. The minimum atomic E-state index is 0.519. The first kappa shape index (κ1) is 10.5. The molecule has 1 atom stereocenters. The summed E-state index contributed by atoms with van der Waals surface area (Å²) in [6.45, 7) is 2.16. The van der Waals surface area contributed by atoms with E-state index in [1.807, 2.05) is 18.8 Å². The minimum absolute atomic E-state index is 0.519. The van der Waals surface area contributed by atoms with Gasteiger partial charge in [-0.05, 0) is 26.8 Å². The van der Waals surface area contributed by atoms with Crippen LogP contribution < -0.4 is 5.32 Å².